The van der Waals surface area contributed by atoms with E-state index in [-0.39, 0.29) is 24.5 Å². The third-order valence-corrected chi connectivity index (χ3v) is 4.00. The van der Waals surface area contributed by atoms with Crippen molar-refractivity contribution in [3.63, 3.8) is 0 Å². The zero-order valence-electron chi connectivity index (χ0n) is 10.4. The van der Waals surface area contributed by atoms with Crippen LogP contribution in [-0.2, 0) is 4.74 Å². The number of aliphatic hydroxyl groups is 1. The van der Waals surface area contributed by atoms with Gasteiger partial charge in [-0.3, -0.25) is 14.3 Å². The number of aromatic nitrogens is 2. The predicted molar refractivity (Wildman–Crippen MR) is 67.7 cm³/mol. The minimum absolute atomic E-state index is 0.0520. The van der Waals surface area contributed by atoms with Crippen LogP contribution >= 0.6 is 0 Å². The van der Waals surface area contributed by atoms with Crippen molar-refractivity contribution in [2.24, 2.45) is 11.8 Å². The number of allylic oxidation sites excluding steroid dienone is 2. The molecule has 0 unspecified atom stereocenters. The number of rotatable bonds is 2. The number of nitrogens with one attached hydrogen (secondary N) is 1. The van der Waals surface area contributed by atoms with Gasteiger partial charge in [0.1, 0.15) is 6.23 Å². The van der Waals surface area contributed by atoms with E-state index in [1.54, 1.807) is 0 Å². The second kappa shape index (κ2) is 4.79. The van der Waals surface area contributed by atoms with Gasteiger partial charge >= 0.3 is 5.69 Å². The molecule has 1 aliphatic heterocycles. The molecular formula is C13H16N2O4. The van der Waals surface area contributed by atoms with Gasteiger partial charge in [-0.2, -0.15) is 0 Å². The third-order valence-electron chi connectivity index (χ3n) is 4.00. The van der Waals surface area contributed by atoms with Crippen LogP contribution in [0.5, 0.6) is 0 Å². The molecule has 6 heteroatoms. The Labute approximate surface area is 109 Å². The molecule has 3 rings (SSSR count). The lowest BCUT2D eigenvalue weighted by atomic mass is 9.81. The summed E-state index contributed by atoms with van der Waals surface area (Å²) in [4.78, 5) is 25.2. The maximum Gasteiger partial charge on any atom is 0.330 e. The monoisotopic (exact) mass is 264 g/mol. The Hall–Kier alpha value is -1.66. The second-order valence-electron chi connectivity index (χ2n) is 5.04. The Morgan fingerprint density at radius 3 is 2.74 bits per heavy atom. The van der Waals surface area contributed by atoms with E-state index >= 15 is 0 Å². The van der Waals surface area contributed by atoms with Gasteiger partial charge in [-0.05, 0) is 18.8 Å². The molecule has 0 saturated carbocycles. The summed E-state index contributed by atoms with van der Waals surface area (Å²) in [5.41, 5.74) is -0.887. The molecule has 0 aromatic carbocycles. The van der Waals surface area contributed by atoms with Gasteiger partial charge in [0.2, 0.25) is 0 Å². The molecule has 2 heterocycles. The average Bonchev–Trinajstić information content (AvgIpc) is 2.78. The van der Waals surface area contributed by atoms with Gasteiger partial charge in [0.05, 0.1) is 12.7 Å². The molecule has 0 bridgehead atoms. The van der Waals surface area contributed by atoms with Crippen LogP contribution in [0.25, 0.3) is 0 Å². The fourth-order valence-corrected chi connectivity index (χ4v) is 3.07. The minimum Gasteiger partial charge on any atom is -0.394 e. The molecule has 1 aromatic rings. The summed E-state index contributed by atoms with van der Waals surface area (Å²) in [5.74, 6) is 0.379. The van der Waals surface area contributed by atoms with Crippen molar-refractivity contribution in [1.29, 1.82) is 0 Å². The average molecular weight is 264 g/mol. The van der Waals surface area contributed by atoms with Crippen molar-refractivity contribution in [3.05, 3.63) is 45.3 Å². The second-order valence-corrected chi connectivity index (χ2v) is 5.04. The van der Waals surface area contributed by atoms with Crippen molar-refractivity contribution in [1.82, 2.24) is 9.55 Å². The number of aromatic amines is 1. The molecule has 4 atom stereocenters. The van der Waals surface area contributed by atoms with E-state index in [1.165, 1.54) is 16.8 Å². The topological polar surface area (TPSA) is 84.3 Å². The molecule has 1 saturated heterocycles. The largest absolute Gasteiger partial charge is 0.394 e. The predicted octanol–water partition coefficient (Wildman–Crippen LogP) is 0.00870. The maximum atomic E-state index is 11.8. The van der Waals surface area contributed by atoms with Crippen molar-refractivity contribution in [2.75, 3.05) is 6.61 Å². The SMILES string of the molecule is O=c1ccn([C@@H]2O[C@H](CO)[C@H]3CC=CC[C@H]32)c(=O)[nH]1. The quantitative estimate of drug-likeness (QED) is 0.737. The molecular weight excluding hydrogens is 248 g/mol. The van der Waals surface area contributed by atoms with Crippen molar-refractivity contribution >= 4 is 0 Å². The van der Waals surface area contributed by atoms with Gasteiger partial charge < -0.3 is 9.84 Å². The van der Waals surface area contributed by atoms with Crippen LogP contribution in [0.4, 0.5) is 0 Å². The van der Waals surface area contributed by atoms with Crippen molar-refractivity contribution in [2.45, 2.75) is 25.2 Å². The standard InChI is InChI=1S/C13H16N2O4/c16-7-10-8-3-1-2-4-9(8)12(19-10)15-6-5-11(17)14-13(15)18/h1-2,5-6,8-10,12,16H,3-4,7H2,(H,14,17,18)/t8-,9+,10+,12+/m0/s1. The van der Waals surface area contributed by atoms with Crippen LogP contribution in [-0.4, -0.2) is 27.4 Å². The molecule has 2 aliphatic rings. The molecule has 1 aliphatic carbocycles. The Kier molecular flexibility index (Phi) is 3.12. The van der Waals surface area contributed by atoms with Gasteiger partial charge in [-0.25, -0.2) is 4.79 Å². The van der Waals surface area contributed by atoms with E-state index in [1.807, 2.05) is 0 Å². The van der Waals surface area contributed by atoms with Crippen LogP contribution in [0.1, 0.15) is 19.1 Å². The first-order chi connectivity index (χ1) is 9.20. The number of fused-ring (bicyclic) bond motifs is 1. The molecule has 1 aromatic heterocycles. The molecule has 2 N–H and O–H groups in total. The Bertz CT molecular complexity index is 603. The molecule has 0 radical (unpaired) electrons. The van der Waals surface area contributed by atoms with E-state index in [0.717, 1.165) is 12.8 Å². The smallest absolute Gasteiger partial charge is 0.330 e. The Morgan fingerprint density at radius 1 is 1.32 bits per heavy atom. The van der Waals surface area contributed by atoms with Crippen molar-refractivity contribution < 1.29 is 9.84 Å². The van der Waals surface area contributed by atoms with Gasteiger partial charge in [-0.1, -0.05) is 12.2 Å². The van der Waals surface area contributed by atoms with Crippen LogP contribution < -0.4 is 11.2 Å². The highest BCUT2D eigenvalue weighted by Crippen LogP contribution is 2.44. The first-order valence-electron chi connectivity index (χ1n) is 6.43. The normalized spacial score (nSPS) is 33.3. The van der Waals surface area contributed by atoms with E-state index in [0.29, 0.717) is 0 Å². The Morgan fingerprint density at radius 2 is 2.05 bits per heavy atom. The summed E-state index contributed by atoms with van der Waals surface area (Å²) in [5, 5.41) is 9.39. The summed E-state index contributed by atoms with van der Waals surface area (Å²) >= 11 is 0. The maximum absolute atomic E-state index is 11.8. The summed E-state index contributed by atoms with van der Waals surface area (Å²) in [6.45, 7) is -0.0520. The molecule has 6 nitrogen and oxygen atoms in total. The number of hydrogen-bond donors (Lipinski definition) is 2. The van der Waals surface area contributed by atoms with E-state index in [9.17, 15) is 14.7 Å². The Balaban J connectivity index is 1.98. The summed E-state index contributed by atoms with van der Waals surface area (Å²) in [7, 11) is 0. The molecule has 1 fully saturated rings. The number of hydrogen-bond acceptors (Lipinski definition) is 4. The number of aliphatic hydroxyl groups excluding tert-OH is 1. The van der Waals surface area contributed by atoms with E-state index in [4.69, 9.17) is 4.74 Å². The van der Waals surface area contributed by atoms with Crippen LogP contribution in [0, 0.1) is 11.8 Å². The lowest BCUT2D eigenvalue weighted by molar-refractivity contribution is -0.0389. The lowest BCUT2D eigenvalue weighted by Crippen LogP contribution is -2.34. The molecule has 102 valence electrons. The van der Waals surface area contributed by atoms with Gasteiger partial charge in [0.15, 0.2) is 0 Å². The highest BCUT2D eigenvalue weighted by atomic mass is 16.5. The van der Waals surface area contributed by atoms with Crippen LogP contribution in [0.3, 0.4) is 0 Å². The molecule has 0 spiro atoms. The van der Waals surface area contributed by atoms with Gasteiger partial charge in [-0.15, -0.1) is 0 Å². The summed E-state index contributed by atoms with van der Waals surface area (Å²) in [6.07, 6.45) is 6.62. The number of ether oxygens (including phenoxy) is 1. The van der Waals surface area contributed by atoms with E-state index in [2.05, 4.69) is 17.1 Å². The van der Waals surface area contributed by atoms with Gasteiger partial charge in [0, 0.05) is 18.2 Å². The van der Waals surface area contributed by atoms with Crippen LogP contribution in [0.15, 0.2) is 34.0 Å². The summed E-state index contributed by atoms with van der Waals surface area (Å²) in [6, 6.07) is 1.31. The van der Waals surface area contributed by atoms with Gasteiger partial charge in [0.25, 0.3) is 5.56 Å². The third kappa shape index (κ3) is 2.06. The number of nitrogens with zero attached hydrogens (tertiary/aromatic N) is 1. The first kappa shape index (κ1) is 12.4. The molecule has 0 amide bonds. The zero-order chi connectivity index (χ0) is 13.4. The van der Waals surface area contributed by atoms with Crippen molar-refractivity contribution in [3.8, 4) is 0 Å². The minimum atomic E-state index is -0.468. The highest BCUT2D eigenvalue weighted by molar-refractivity contribution is 5.02. The summed E-state index contributed by atoms with van der Waals surface area (Å²) < 4.78 is 7.23. The fraction of sp³-hybridized carbons (Fsp3) is 0.538. The van der Waals surface area contributed by atoms with E-state index < -0.39 is 17.5 Å². The highest BCUT2D eigenvalue weighted by Gasteiger charge is 2.44. The zero-order valence-corrected chi connectivity index (χ0v) is 10.4. The lowest BCUT2D eigenvalue weighted by Gasteiger charge is -2.25. The number of H-pyrrole nitrogens is 1. The van der Waals surface area contributed by atoms with Crippen LogP contribution in [0.2, 0.25) is 0 Å². The molecule has 19 heavy (non-hydrogen) atoms. The fourth-order valence-electron chi connectivity index (χ4n) is 3.07. The first-order valence-corrected chi connectivity index (χ1v) is 6.43.